The molecule has 1 aliphatic carbocycles. The fraction of sp³-hybridized carbons (Fsp3) is 0.381. The molecule has 2 aromatic carbocycles. The first-order chi connectivity index (χ1) is 13.1. The van der Waals surface area contributed by atoms with Gasteiger partial charge in [0.05, 0.1) is 0 Å². The molecule has 0 spiro atoms. The maximum atomic E-state index is 12.8. The van der Waals surface area contributed by atoms with Gasteiger partial charge in [-0.1, -0.05) is 24.3 Å². The molecule has 0 radical (unpaired) electrons. The second-order valence-corrected chi connectivity index (χ2v) is 7.38. The summed E-state index contributed by atoms with van der Waals surface area (Å²) in [5.41, 5.74) is 7.07. The third-order valence-corrected chi connectivity index (χ3v) is 5.40. The lowest BCUT2D eigenvalue weighted by Crippen LogP contribution is -2.41. The van der Waals surface area contributed by atoms with Gasteiger partial charge in [-0.3, -0.25) is 19.3 Å². The van der Waals surface area contributed by atoms with Crippen LogP contribution in [0.5, 0.6) is 0 Å². The zero-order valence-corrected chi connectivity index (χ0v) is 15.1. The van der Waals surface area contributed by atoms with E-state index in [2.05, 4.69) is 5.32 Å². The van der Waals surface area contributed by atoms with Gasteiger partial charge in [-0.25, -0.2) is 0 Å². The van der Waals surface area contributed by atoms with Crippen LogP contribution in [-0.2, 0) is 4.79 Å². The molecule has 3 amide bonds. The SMILES string of the molecule is NC(CNC(=O)CCCN1C(=O)c2cccc3cccc(c23)C1=O)C1CC1. The van der Waals surface area contributed by atoms with E-state index in [1.54, 1.807) is 12.1 Å². The molecule has 1 saturated carbocycles. The van der Waals surface area contributed by atoms with Crippen molar-refractivity contribution in [1.29, 1.82) is 0 Å². The Morgan fingerprint density at radius 2 is 1.74 bits per heavy atom. The van der Waals surface area contributed by atoms with E-state index < -0.39 is 0 Å². The van der Waals surface area contributed by atoms with Crippen molar-refractivity contribution in [1.82, 2.24) is 10.2 Å². The highest BCUT2D eigenvalue weighted by atomic mass is 16.2. The van der Waals surface area contributed by atoms with Crippen molar-refractivity contribution < 1.29 is 14.4 Å². The Balaban J connectivity index is 1.38. The first-order valence-corrected chi connectivity index (χ1v) is 9.46. The summed E-state index contributed by atoms with van der Waals surface area (Å²) < 4.78 is 0. The molecule has 3 N–H and O–H groups in total. The average Bonchev–Trinajstić information content (AvgIpc) is 3.52. The Morgan fingerprint density at radius 1 is 1.11 bits per heavy atom. The van der Waals surface area contributed by atoms with Gasteiger partial charge in [0.1, 0.15) is 0 Å². The maximum Gasteiger partial charge on any atom is 0.261 e. The van der Waals surface area contributed by atoms with E-state index in [1.165, 1.54) is 4.90 Å². The Bertz CT molecular complexity index is 869. The number of amides is 3. The highest BCUT2D eigenvalue weighted by molar-refractivity contribution is 6.25. The molecule has 27 heavy (non-hydrogen) atoms. The van der Waals surface area contributed by atoms with Gasteiger partial charge < -0.3 is 11.1 Å². The lowest BCUT2D eigenvalue weighted by Gasteiger charge is -2.27. The summed E-state index contributed by atoms with van der Waals surface area (Å²) in [7, 11) is 0. The number of nitrogens with one attached hydrogen (secondary N) is 1. The monoisotopic (exact) mass is 365 g/mol. The quantitative estimate of drug-likeness (QED) is 0.735. The second kappa shape index (κ2) is 7.12. The predicted molar refractivity (Wildman–Crippen MR) is 102 cm³/mol. The minimum absolute atomic E-state index is 0.0243. The second-order valence-electron chi connectivity index (χ2n) is 7.38. The molecule has 4 rings (SSSR count). The molecule has 0 saturated heterocycles. The number of nitrogens with two attached hydrogens (primary N) is 1. The van der Waals surface area contributed by atoms with E-state index in [4.69, 9.17) is 5.73 Å². The summed E-state index contributed by atoms with van der Waals surface area (Å²) in [5.74, 6) is -0.136. The van der Waals surface area contributed by atoms with Gasteiger partial charge in [0.2, 0.25) is 5.91 Å². The maximum absolute atomic E-state index is 12.8. The van der Waals surface area contributed by atoms with Gasteiger partial charge in [-0.05, 0) is 42.7 Å². The molecule has 1 unspecified atom stereocenters. The summed E-state index contributed by atoms with van der Waals surface area (Å²) in [5, 5.41) is 4.45. The minimum atomic E-state index is -0.291. The third kappa shape index (κ3) is 3.45. The molecule has 1 heterocycles. The van der Waals surface area contributed by atoms with Crippen LogP contribution in [0, 0.1) is 5.92 Å². The number of imide groups is 1. The number of nitrogens with zero attached hydrogens (tertiary/aromatic N) is 1. The first-order valence-electron chi connectivity index (χ1n) is 9.46. The van der Waals surface area contributed by atoms with Crippen molar-refractivity contribution in [2.24, 2.45) is 11.7 Å². The zero-order chi connectivity index (χ0) is 19.0. The van der Waals surface area contributed by atoms with Crippen molar-refractivity contribution >= 4 is 28.5 Å². The normalized spacial score (nSPS) is 17.3. The van der Waals surface area contributed by atoms with Crippen LogP contribution in [0.3, 0.4) is 0 Å². The van der Waals surface area contributed by atoms with Gasteiger partial charge in [-0.2, -0.15) is 0 Å². The number of carbonyl (C=O) groups is 3. The van der Waals surface area contributed by atoms with E-state index in [1.807, 2.05) is 24.3 Å². The molecule has 2 aromatic rings. The van der Waals surface area contributed by atoms with E-state index in [-0.39, 0.29) is 36.7 Å². The van der Waals surface area contributed by atoms with Crippen LogP contribution < -0.4 is 11.1 Å². The van der Waals surface area contributed by atoms with Gasteiger partial charge in [0, 0.05) is 42.1 Å². The van der Waals surface area contributed by atoms with E-state index in [9.17, 15) is 14.4 Å². The van der Waals surface area contributed by atoms with E-state index >= 15 is 0 Å². The molecular formula is C21H23N3O3. The topological polar surface area (TPSA) is 92.5 Å². The average molecular weight is 365 g/mol. The van der Waals surface area contributed by atoms with Gasteiger partial charge in [0.15, 0.2) is 0 Å². The van der Waals surface area contributed by atoms with Crippen LogP contribution in [-0.4, -0.2) is 41.8 Å². The lowest BCUT2D eigenvalue weighted by molar-refractivity contribution is -0.121. The standard InChI is InChI=1S/C21H23N3O3/c22-17(13-9-10-13)12-23-18(25)8-3-11-24-20(26)15-6-1-4-14-5-2-7-16(19(14)15)21(24)27/h1-2,4-7,13,17H,3,8-12,22H2,(H,23,25). The Hall–Kier alpha value is -2.73. The van der Waals surface area contributed by atoms with Crippen molar-refractivity contribution in [3.8, 4) is 0 Å². The molecule has 6 heteroatoms. The molecule has 1 aliphatic heterocycles. The lowest BCUT2D eigenvalue weighted by atomic mass is 9.94. The molecule has 2 aliphatic rings. The number of carbonyl (C=O) groups excluding carboxylic acids is 3. The van der Waals surface area contributed by atoms with Gasteiger partial charge in [-0.15, -0.1) is 0 Å². The van der Waals surface area contributed by atoms with Crippen LogP contribution in [0.1, 0.15) is 46.4 Å². The Labute approximate surface area is 157 Å². The van der Waals surface area contributed by atoms with Crippen molar-refractivity contribution in [2.45, 2.75) is 31.7 Å². The number of hydrogen-bond donors (Lipinski definition) is 2. The van der Waals surface area contributed by atoms with Gasteiger partial charge in [0.25, 0.3) is 11.8 Å². The summed E-state index contributed by atoms with van der Waals surface area (Å²) >= 11 is 0. The van der Waals surface area contributed by atoms with Crippen LogP contribution in [0.25, 0.3) is 10.8 Å². The zero-order valence-electron chi connectivity index (χ0n) is 15.1. The summed E-state index contributed by atoms with van der Waals surface area (Å²) in [4.78, 5) is 38.8. The molecule has 0 bridgehead atoms. The van der Waals surface area contributed by atoms with Gasteiger partial charge >= 0.3 is 0 Å². The summed E-state index contributed by atoms with van der Waals surface area (Å²) in [6.07, 6.45) is 2.98. The Morgan fingerprint density at radius 3 is 2.33 bits per heavy atom. The minimum Gasteiger partial charge on any atom is -0.355 e. The number of hydrogen-bond acceptors (Lipinski definition) is 4. The Kier molecular flexibility index (Phi) is 4.66. The summed E-state index contributed by atoms with van der Waals surface area (Å²) in [6.45, 7) is 0.713. The predicted octanol–water partition coefficient (Wildman–Crippen LogP) is 2.07. The van der Waals surface area contributed by atoms with Crippen LogP contribution >= 0.6 is 0 Å². The largest absolute Gasteiger partial charge is 0.355 e. The highest BCUT2D eigenvalue weighted by Crippen LogP contribution is 2.31. The number of rotatable bonds is 7. The van der Waals surface area contributed by atoms with Crippen LogP contribution in [0.4, 0.5) is 0 Å². The first kappa shape index (κ1) is 17.7. The van der Waals surface area contributed by atoms with Crippen molar-refractivity contribution in [3.63, 3.8) is 0 Å². The molecule has 1 atom stereocenters. The molecule has 0 aromatic heterocycles. The van der Waals surface area contributed by atoms with Crippen LogP contribution in [0.2, 0.25) is 0 Å². The molecule has 6 nitrogen and oxygen atoms in total. The van der Waals surface area contributed by atoms with E-state index in [0.29, 0.717) is 30.0 Å². The third-order valence-electron chi connectivity index (χ3n) is 5.40. The molecule has 1 fully saturated rings. The van der Waals surface area contributed by atoms with E-state index in [0.717, 1.165) is 23.6 Å². The number of benzene rings is 2. The summed E-state index contributed by atoms with van der Waals surface area (Å²) in [6, 6.07) is 11.0. The highest BCUT2D eigenvalue weighted by Gasteiger charge is 2.32. The molecule has 140 valence electrons. The van der Waals surface area contributed by atoms with Crippen LogP contribution in [0.15, 0.2) is 36.4 Å². The molecular weight excluding hydrogens is 342 g/mol. The fourth-order valence-corrected chi connectivity index (χ4v) is 3.69. The fourth-order valence-electron chi connectivity index (χ4n) is 3.69. The van der Waals surface area contributed by atoms with Crippen molar-refractivity contribution in [3.05, 3.63) is 47.5 Å². The smallest absolute Gasteiger partial charge is 0.261 e. The van der Waals surface area contributed by atoms with Crippen molar-refractivity contribution in [2.75, 3.05) is 13.1 Å².